The second-order valence-electron chi connectivity index (χ2n) is 5.79. The van der Waals surface area contributed by atoms with Crippen LogP contribution >= 0.6 is 0 Å². The number of hydrogen-bond acceptors (Lipinski definition) is 2. The van der Waals surface area contributed by atoms with Crippen molar-refractivity contribution in [2.45, 2.75) is 40.5 Å². The SMILES string of the molecule is CC1CCN(C(=O)CC(C)(C(=O)O)C(C)C)C1. The van der Waals surface area contributed by atoms with Crippen LogP contribution in [-0.4, -0.2) is 35.0 Å². The molecule has 1 rings (SSSR count). The fourth-order valence-electron chi connectivity index (χ4n) is 2.11. The maximum atomic E-state index is 12.1. The number of carbonyl (C=O) groups excluding carboxylic acids is 1. The van der Waals surface area contributed by atoms with Crippen LogP contribution in [0.2, 0.25) is 0 Å². The Kier molecular flexibility index (Phi) is 4.17. The van der Waals surface area contributed by atoms with E-state index in [1.165, 1.54) is 0 Å². The van der Waals surface area contributed by atoms with Crippen molar-refractivity contribution in [3.8, 4) is 0 Å². The highest BCUT2D eigenvalue weighted by molar-refractivity contribution is 5.85. The number of aliphatic carboxylic acids is 1. The van der Waals surface area contributed by atoms with Crippen LogP contribution in [0.1, 0.15) is 40.5 Å². The summed E-state index contributed by atoms with van der Waals surface area (Å²) >= 11 is 0. The van der Waals surface area contributed by atoms with Crippen molar-refractivity contribution in [3.63, 3.8) is 0 Å². The van der Waals surface area contributed by atoms with Crippen molar-refractivity contribution in [1.29, 1.82) is 0 Å². The van der Waals surface area contributed by atoms with Crippen molar-refractivity contribution >= 4 is 11.9 Å². The number of nitrogens with zero attached hydrogens (tertiary/aromatic N) is 1. The van der Waals surface area contributed by atoms with E-state index >= 15 is 0 Å². The lowest BCUT2D eigenvalue weighted by molar-refractivity contribution is -0.155. The first kappa shape index (κ1) is 14.0. The molecule has 2 atom stereocenters. The third-order valence-corrected chi connectivity index (χ3v) is 4.06. The van der Waals surface area contributed by atoms with Gasteiger partial charge in [-0.3, -0.25) is 9.59 Å². The van der Waals surface area contributed by atoms with Gasteiger partial charge in [-0.25, -0.2) is 0 Å². The van der Waals surface area contributed by atoms with Gasteiger partial charge in [-0.15, -0.1) is 0 Å². The van der Waals surface area contributed by atoms with Gasteiger partial charge in [-0.2, -0.15) is 0 Å². The molecule has 0 radical (unpaired) electrons. The van der Waals surface area contributed by atoms with E-state index in [-0.39, 0.29) is 18.2 Å². The molecule has 2 unspecified atom stereocenters. The van der Waals surface area contributed by atoms with Crippen molar-refractivity contribution in [3.05, 3.63) is 0 Å². The van der Waals surface area contributed by atoms with E-state index in [0.29, 0.717) is 5.92 Å². The van der Waals surface area contributed by atoms with E-state index in [1.54, 1.807) is 11.8 Å². The van der Waals surface area contributed by atoms with Crippen LogP contribution in [-0.2, 0) is 9.59 Å². The monoisotopic (exact) mass is 241 g/mol. The molecule has 1 amide bonds. The predicted octanol–water partition coefficient (Wildman–Crippen LogP) is 1.99. The third kappa shape index (κ3) is 2.99. The first-order chi connectivity index (χ1) is 7.77. The third-order valence-electron chi connectivity index (χ3n) is 4.06. The molecule has 0 saturated carbocycles. The van der Waals surface area contributed by atoms with Gasteiger partial charge in [-0.05, 0) is 25.2 Å². The molecule has 1 aliphatic rings. The van der Waals surface area contributed by atoms with E-state index in [0.717, 1.165) is 19.5 Å². The molecule has 4 nitrogen and oxygen atoms in total. The molecule has 0 aromatic rings. The Hall–Kier alpha value is -1.06. The molecule has 1 N–H and O–H groups in total. The number of carbonyl (C=O) groups is 2. The van der Waals surface area contributed by atoms with Gasteiger partial charge in [0.25, 0.3) is 0 Å². The van der Waals surface area contributed by atoms with Gasteiger partial charge < -0.3 is 10.0 Å². The number of rotatable bonds is 4. The molecule has 1 saturated heterocycles. The van der Waals surface area contributed by atoms with Crippen LogP contribution < -0.4 is 0 Å². The summed E-state index contributed by atoms with van der Waals surface area (Å²) in [5.74, 6) is -0.417. The molecule has 0 aromatic heterocycles. The van der Waals surface area contributed by atoms with Crippen molar-refractivity contribution in [1.82, 2.24) is 4.90 Å². The summed E-state index contributed by atoms with van der Waals surface area (Å²) in [6.45, 7) is 9.03. The molecule has 0 aliphatic carbocycles. The minimum absolute atomic E-state index is 0.0204. The van der Waals surface area contributed by atoms with Gasteiger partial charge in [0, 0.05) is 19.5 Å². The summed E-state index contributed by atoms with van der Waals surface area (Å²) in [4.78, 5) is 25.2. The normalized spacial score (nSPS) is 23.8. The van der Waals surface area contributed by atoms with Crippen LogP contribution in [0, 0.1) is 17.3 Å². The summed E-state index contributed by atoms with van der Waals surface area (Å²) in [6, 6.07) is 0. The number of carboxylic acid groups (broad SMARTS) is 1. The molecule has 4 heteroatoms. The Bertz CT molecular complexity index is 314. The largest absolute Gasteiger partial charge is 0.481 e. The lowest BCUT2D eigenvalue weighted by Crippen LogP contribution is -2.40. The zero-order valence-corrected chi connectivity index (χ0v) is 11.2. The van der Waals surface area contributed by atoms with Gasteiger partial charge in [-0.1, -0.05) is 20.8 Å². The molecule has 0 spiro atoms. The van der Waals surface area contributed by atoms with E-state index in [1.807, 2.05) is 13.8 Å². The molecular weight excluding hydrogens is 218 g/mol. The Morgan fingerprint density at radius 2 is 2.06 bits per heavy atom. The topological polar surface area (TPSA) is 57.6 Å². The van der Waals surface area contributed by atoms with Crippen LogP contribution in [0.4, 0.5) is 0 Å². The van der Waals surface area contributed by atoms with Gasteiger partial charge in [0.15, 0.2) is 0 Å². The first-order valence-electron chi connectivity index (χ1n) is 6.28. The molecule has 0 aromatic carbocycles. The van der Waals surface area contributed by atoms with Crippen molar-refractivity contribution < 1.29 is 14.7 Å². The summed E-state index contributed by atoms with van der Waals surface area (Å²) in [5, 5.41) is 9.28. The zero-order valence-electron chi connectivity index (χ0n) is 11.2. The number of likely N-dealkylation sites (tertiary alicyclic amines) is 1. The van der Waals surface area contributed by atoms with Crippen LogP contribution in [0.3, 0.4) is 0 Å². The fourth-order valence-corrected chi connectivity index (χ4v) is 2.11. The van der Waals surface area contributed by atoms with Gasteiger partial charge in [0.05, 0.1) is 5.41 Å². The molecule has 0 bridgehead atoms. The average Bonchev–Trinajstić information content (AvgIpc) is 2.64. The summed E-state index contributed by atoms with van der Waals surface area (Å²) in [5.41, 5.74) is -0.955. The lowest BCUT2D eigenvalue weighted by atomic mass is 9.76. The highest BCUT2D eigenvalue weighted by Gasteiger charge is 2.40. The Balaban J connectivity index is 2.68. The minimum Gasteiger partial charge on any atom is -0.481 e. The van der Waals surface area contributed by atoms with Crippen LogP contribution in [0.15, 0.2) is 0 Å². The smallest absolute Gasteiger partial charge is 0.310 e. The van der Waals surface area contributed by atoms with E-state index < -0.39 is 11.4 Å². The van der Waals surface area contributed by atoms with Crippen LogP contribution in [0.5, 0.6) is 0 Å². The second-order valence-corrected chi connectivity index (χ2v) is 5.79. The average molecular weight is 241 g/mol. The maximum absolute atomic E-state index is 12.1. The fraction of sp³-hybridized carbons (Fsp3) is 0.846. The molecular formula is C13H23NO3. The molecule has 1 fully saturated rings. The molecule has 1 heterocycles. The predicted molar refractivity (Wildman–Crippen MR) is 65.6 cm³/mol. The van der Waals surface area contributed by atoms with Gasteiger partial charge in [0.2, 0.25) is 5.91 Å². The van der Waals surface area contributed by atoms with E-state index in [4.69, 9.17) is 0 Å². The highest BCUT2D eigenvalue weighted by atomic mass is 16.4. The Morgan fingerprint density at radius 3 is 2.41 bits per heavy atom. The van der Waals surface area contributed by atoms with E-state index in [9.17, 15) is 14.7 Å². The van der Waals surface area contributed by atoms with Crippen molar-refractivity contribution in [2.24, 2.45) is 17.3 Å². The standard InChI is InChI=1S/C13H23NO3/c1-9(2)13(4,12(16)17)7-11(15)14-6-5-10(3)8-14/h9-10H,5-8H2,1-4H3,(H,16,17). The number of hydrogen-bond donors (Lipinski definition) is 1. The van der Waals surface area contributed by atoms with E-state index in [2.05, 4.69) is 6.92 Å². The maximum Gasteiger partial charge on any atom is 0.310 e. The minimum atomic E-state index is -0.955. The Morgan fingerprint density at radius 1 is 1.47 bits per heavy atom. The first-order valence-corrected chi connectivity index (χ1v) is 6.28. The van der Waals surface area contributed by atoms with Crippen LogP contribution in [0.25, 0.3) is 0 Å². The number of amides is 1. The second kappa shape index (κ2) is 5.07. The van der Waals surface area contributed by atoms with Gasteiger partial charge in [0.1, 0.15) is 0 Å². The van der Waals surface area contributed by atoms with Crippen molar-refractivity contribution in [2.75, 3.05) is 13.1 Å². The van der Waals surface area contributed by atoms with Gasteiger partial charge >= 0.3 is 5.97 Å². The summed E-state index contributed by atoms with van der Waals surface area (Å²) in [7, 11) is 0. The number of carboxylic acids is 1. The lowest BCUT2D eigenvalue weighted by Gasteiger charge is -2.30. The molecule has 17 heavy (non-hydrogen) atoms. The zero-order chi connectivity index (χ0) is 13.2. The summed E-state index contributed by atoms with van der Waals surface area (Å²) in [6.07, 6.45) is 1.13. The molecule has 1 aliphatic heterocycles. The quantitative estimate of drug-likeness (QED) is 0.819. The highest BCUT2D eigenvalue weighted by Crippen LogP contribution is 2.32. The molecule has 98 valence electrons. The Labute approximate surface area is 103 Å². The summed E-state index contributed by atoms with van der Waals surface area (Å²) < 4.78 is 0.